The highest BCUT2D eigenvalue weighted by atomic mass is 15.2. The van der Waals surface area contributed by atoms with Crippen LogP contribution < -0.4 is 19.6 Å². The molecular formula is C97H73N5. The van der Waals surface area contributed by atoms with Crippen molar-refractivity contribution in [1.82, 2.24) is 4.57 Å². The van der Waals surface area contributed by atoms with Crippen molar-refractivity contribution in [2.24, 2.45) is 0 Å². The van der Waals surface area contributed by atoms with Gasteiger partial charge in [0.1, 0.15) is 0 Å². The van der Waals surface area contributed by atoms with Crippen molar-refractivity contribution in [2.45, 2.75) is 43.4 Å². The largest absolute Gasteiger partial charge is 0.318 e. The van der Waals surface area contributed by atoms with E-state index >= 15 is 0 Å². The van der Waals surface area contributed by atoms with Crippen LogP contribution in [0.25, 0.3) is 44.2 Å². The van der Waals surface area contributed by atoms with Gasteiger partial charge < -0.3 is 24.2 Å². The highest BCUT2D eigenvalue weighted by Crippen LogP contribution is 2.65. The summed E-state index contributed by atoms with van der Waals surface area (Å²) in [5.41, 5.74) is 31.3. The number of allylic oxidation sites excluding steroid dienone is 12. The highest BCUT2D eigenvalue weighted by Gasteiger charge is 2.55. The molecule has 2 atom stereocenters. The second-order valence-electron chi connectivity index (χ2n) is 27.3. The fourth-order valence-corrected chi connectivity index (χ4v) is 17.2. The predicted octanol–water partition coefficient (Wildman–Crippen LogP) is 25.8. The Hall–Kier alpha value is -12.7. The molecule has 1 spiro atoms. The topological polar surface area (TPSA) is 17.9 Å². The summed E-state index contributed by atoms with van der Waals surface area (Å²) in [6.45, 7) is 0. The molecule has 5 heteroatoms. The molecule has 5 nitrogen and oxygen atoms in total. The molecule has 5 aliphatic rings. The van der Waals surface area contributed by atoms with Crippen LogP contribution in [0.5, 0.6) is 0 Å². The molecule has 19 rings (SSSR count). The Bertz CT molecular complexity index is 5610. The van der Waals surface area contributed by atoms with Gasteiger partial charge in [0.25, 0.3) is 0 Å². The molecule has 14 aromatic rings. The maximum atomic E-state index is 2.71. The zero-order valence-corrected chi connectivity index (χ0v) is 56.6. The number of aromatic nitrogens is 1. The smallest absolute Gasteiger partial charge is 0.0748 e. The van der Waals surface area contributed by atoms with Crippen molar-refractivity contribution < 1.29 is 0 Å². The van der Waals surface area contributed by atoms with Crippen molar-refractivity contribution in [1.29, 1.82) is 0 Å². The quantitative estimate of drug-likeness (QED) is 0.102. The van der Waals surface area contributed by atoms with Gasteiger partial charge in [-0.3, -0.25) is 0 Å². The molecule has 2 unspecified atom stereocenters. The van der Waals surface area contributed by atoms with Crippen LogP contribution in [0.1, 0.15) is 60.3 Å². The Morgan fingerprint density at radius 1 is 0.333 bits per heavy atom. The van der Waals surface area contributed by atoms with E-state index in [1.54, 1.807) is 0 Å². The van der Waals surface area contributed by atoms with Crippen LogP contribution in [0.2, 0.25) is 0 Å². The van der Waals surface area contributed by atoms with E-state index in [0.717, 1.165) is 89.0 Å². The van der Waals surface area contributed by atoms with E-state index in [1.807, 2.05) is 0 Å². The molecule has 4 aliphatic carbocycles. The fourth-order valence-electron chi connectivity index (χ4n) is 17.2. The van der Waals surface area contributed by atoms with Crippen molar-refractivity contribution in [3.8, 4) is 16.8 Å². The Balaban J connectivity index is 0.756. The summed E-state index contributed by atoms with van der Waals surface area (Å²) in [6, 6.07) is 127. The molecule has 102 heavy (non-hydrogen) atoms. The lowest BCUT2D eigenvalue weighted by Gasteiger charge is -2.42. The van der Waals surface area contributed by atoms with Gasteiger partial charge in [-0.25, -0.2) is 0 Å². The number of hydrogen-bond acceptors (Lipinski definition) is 4. The van der Waals surface area contributed by atoms with Crippen LogP contribution in [0.15, 0.2) is 410 Å². The normalized spacial score (nSPS) is 16.4. The number of rotatable bonds is 15. The first-order chi connectivity index (χ1) is 50.6. The van der Waals surface area contributed by atoms with Crippen molar-refractivity contribution in [3.63, 3.8) is 0 Å². The molecule has 0 radical (unpaired) electrons. The molecule has 0 fully saturated rings. The first-order valence-corrected chi connectivity index (χ1v) is 35.9. The summed E-state index contributed by atoms with van der Waals surface area (Å²) in [5, 5.41) is 2.56. The number of nitrogens with zero attached hydrogens (tertiary/aromatic N) is 5. The molecule has 0 saturated carbocycles. The number of para-hydroxylation sites is 7. The third-order valence-electron chi connectivity index (χ3n) is 21.6. The average Bonchev–Trinajstić information content (AvgIpc) is 1.48. The first kappa shape index (κ1) is 60.5. The lowest BCUT2D eigenvalue weighted by atomic mass is 9.62. The molecule has 1 aliphatic heterocycles. The van der Waals surface area contributed by atoms with E-state index in [-0.39, 0.29) is 5.92 Å². The summed E-state index contributed by atoms with van der Waals surface area (Å²) in [7, 11) is 0. The Labute approximate surface area is 597 Å². The van der Waals surface area contributed by atoms with Crippen LogP contribution in [0.4, 0.5) is 56.9 Å². The number of anilines is 10. The van der Waals surface area contributed by atoms with Gasteiger partial charge in [0.2, 0.25) is 0 Å². The molecule has 13 aromatic carbocycles. The van der Waals surface area contributed by atoms with Crippen LogP contribution in [0.3, 0.4) is 0 Å². The molecule has 0 amide bonds. The van der Waals surface area contributed by atoms with Crippen LogP contribution in [0, 0.1) is 0 Å². The van der Waals surface area contributed by atoms with Gasteiger partial charge in [0, 0.05) is 85.0 Å². The van der Waals surface area contributed by atoms with Gasteiger partial charge >= 0.3 is 0 Å². The number of benzene rings is 13. The lowest BCUT2D eigenvalue weighted by Crippen LogP contribution is -2.35. The van der Waals surface area contributed by atoms with Gasteiger partial charge in [0.05, 0.1) is 22.1 Å². The van der Waals surface area contributed by atoms with Gasteiger partial charge in [-0.05, 0) is 239 Å². The van der Waals surface area contributed by atoms with Gasteiger partial charge in [-0.1, -0.05) is 231 Å². The number of hydrogen-bond donors (Lipinski definition) is 0. The minimum Gasteiger partial charge on any atom is -0.318 e. The van der Waals surface area contributed by atoms with E-state index in [0.29, 0.717) is 0 Å². The molecule has 0 bridgehead atoms. The summed E-state index contributed by atoms with van der Waals surface area (Å²) in [5.74, 6) is 0.103. The van der Waals surface area contributed by atoms with E-state index in [1.165, 1.54) is 100 Å². The summed E-state index contributed by atoms with van der Waals surface area (Å²) >= 11 is 0. The molecule has 1 aromatic heterocycles. The monoisotopic (exact) mass is 1310 g/mol. The minimum atomic E-state index is -0.646. The first-order valence-electron chi connectivity index (χ1n) is 35.9. The van der Waals surface area contributed by atoms with Crippen LogP contribution in [-0.2, 0) is 5.41 Å². The SMILES string of the molecule is C1=C2C(=CC(c3ccc(N(c4ccc(N(c5ccccc5)c5ccccc5)cc4)c4cccc(-c5ccccc5)c4)cc3)C1)C1(C3=C2CCC(N(C2=CC(c4ccccc4)=CCC2)c2ccc(N(c4ccccc4)c4ccccc4)cc2)=C3)c2ccccc2-n2c3ccccc3c3cccc1c32. The van der Waals surface area contributed by atoms with Gasteiger partial charge in [-0.2, -0.15) is 0 Å². The predicted molar refractivity (Wildman–Crippen MR) is 426 cm³/mol. The van der Waals surface area contributed by atoms with Crippen LogP contribution >= 0.6 is 0 Å². The van der Waals surface area contributed by atoms with E-state index in [9.17, 15) is 0 Å². The summed E-state index contributed by atoms with van der Waals surface area (Å²) in [4.78, 5) is 9.76. The summed E-state index contributed by atoms with van der Waals surface area (Å²) < 4.78 is 2.58. The maximum Gasteiger partial charge on any atom is 0.0748 e. The fraction of sp³-hybridized carbons (Fsp3) is 0.0722. The molecule has 0 N–H and O–H groups in total. The average molecular weight is 1310 g/mol. The highest BCUT2D eigenvalue weighted by molar-refractivity contribution is 6.12. The van der Waals surface area contributed by atoms with Crippen molar-refractivity contribution in [3.05, 3.63) is 432 Å². The standard InChI is InChI=1S/C97H73N5/c1-7-26-68(27-8-1)71-30-23-40-83(64-71)100(81-57-53-79(54-58-81)98(74-32-11-3-12-33-74)75-34-13-4-14-35-75)78-51-48-70(49-52-78)73-50-62-86-87-63-61-85(67-93(87)97(92(86)66-73)90-44-20-22-47-95(90)102-94-46-21-19-42-88(94)89-43-25-45-91(97)96(89)102)101(84-41-24-31-72(65-84)69-28-9-2-10-29-69)82-59-55-80(56-60-82)99(76-36-15-5-16-37-76)77-38-17-6-18-39-77/h1-23,25-40,42-49,51-60,62,64-67,73H,24,41,50,61,63H2. The van der Waals surface area contributed by atoms with E-state index < -0.39 is 5.41 Å². The Kier molecular flexibility index (Phi) is 15.1. The second-order valence-corrected chi connectivity index (χ2v) is 27.3. The molecule has 2 heterocycles. The van der Waals surface area contributed by atoms with Crippen LogP contribution in [-0.4, -0.2) is 4.57 Å². The molecule has 486 valence electrons. The molecular weight excluding hydrogens is 1240 g/mol. The van der Waals surface area contributed by atoms with Gasteiger partial charge in [0.15, 0.2) is 0 Å². The van der Waals surface area contributed by atoms with Gasteiger partial charge in [-0.15, -0.1) is 0 Å². The zero-order chi connectivity index (χ0) is 67.5. The third kappa shape index (κ3) is 10.3. The molecule has 0 saturated heterocycles. The van der Waals surface area contributed by atoms with E-state index in [2.05, 4.69) is 400 Å². The Morgan fingerprint density at radius 2 is 0.784 bits per heavy atom. The zero-order valence-electron chi connectivity index (χ0n) is 56.6. The van der Waals surface area contributed by atoms with E-state index in [4.69, 9.17) is 0 Å². The number of fused-ring (bicyclic) bond motifs is 11. The van der Waals surface area contributed by atoms with Crippen molar-refractivity contribution in [2.75, 3.05) is 19.6 Å². The van der Waals surface area contributed by atoms with Crippen molar-refractivity contribution >= 4 is 84.3 Å². The summed E-state index contributed by atoms with van der Waals surface area (Å²) in [6.07, 6.45) is 17.4. The third-order valence-corrected chi connectivity index (χ3v) is 21.6. The Morgan fingerprint density at radius 3 is 1.39 bits per heavy atom. The minimum absolute atomic E-state index is 0.103. The lowest BCUT2D eigenvalue weighted by molar-refractivity contribution is 0.707. The second kappa shape index (κ2) is 25.5. The maximum absolute atomic E-state index is 2.71.